The standard InChI is InChI=1S/C6H13N3O2/c1-9(2)4-3-8-6(11)5(7)10/h3-4H2,1-2H3,(H2,7,10)(H,8,11). The zero-order valence-electron chi connectivity index (χ0n) is 6.76. The van der Waals surface area contributed by atoms with E-state index in [1.165, 1.54) is 0 Å². The molecule has 0 saturated carbocycles. The molecule has 0 radical (unpaired) electrons. The Morgan fingerprint density at radius 2 is 2.00 bits per heavy atom. The summed E-state index contributed by atoms with van der Waals surface area (Å²) < 4.78 is 0. The molecule has 5 nitrogen and oxygen atoms in total. The number of carbonyl (C=O) groups is 2. The van der Waals surface area contributed by atoms with Crippen molar-refractivity contribution in [3.8, 4) is 0 Å². The second-order valence-electron chi connectivity index (χ2n) is 2.42. The van der Waals surface area contributed by atoms with E-state index in [-0.39, 0.29) is 0 Å². The van der Waals surface area contributed by atoms with E-state index in [2.05, 4.69) is 11.1 Å². The Balaban J connectivity index is 3.40. The molecule has 0 aliphatic carbocycles. The van der Waals surface area contributed by atoms with Gasteiger partial charge < -0.3 is 16.0 Å². The smallest absolute Gasteiger partial charge is 0.309 e. The quantitative estimate of drug-likeness (QED) is 0.475. The van der Waals surface area contributed by atoms with E-state index in [0.29, 0.717) is 13.1 Å². The summed E-state index contributed by atoms with van der Waals surface area (Å²) >= 11 is 0. The lowest BCUT2D eigenvalue weighted by Gasteiger charge is -2.08. The molecule has 0 aromatic heterocycles. The molecule has 0 saturated heterocycles. The molecule has 3 N–H and O–H groups in total. The highest BCUT2D eigenvalue weighted by Crippen LogP contribution is 1.70. The van der Waals surface area contributed by atoms with Gasteiger partial charge in [-0.1, -0.05) is 0 Å². The summed E-state index contributed by atoms with van der Waals surface area (Å²) in [5, 5.41) is 2.36. The topological polar surface area (TPSA) is 75.4 Å². The molecule has 0 aliphatic rings. The maximum absolute atomic E-state index is 10.5. The summed E-state index contributed by atoms with van der Waals surface area (Å²) in [6.07, 6.45) is 0. The first kappa shape index (κ1) is 9.90. The van der Waals surface area contributed by atoms with Crippen molar-refractivity contribution in [2.45, 2.75) is 0 Å². The van der Waals surface area contributed by atoms with Crippen LogP contribution in [-0.4, -0.2) is 43.9 Å². The highest BCUT2D eigenvalue weighted by Gasteiger charge is 2.05. The van der Waals surface area contributed by atoms with Crippen LogP contribution >= 0.6 is 0 Å². The van der Waals surface area contributed by atoms with E-state index in [0.717, 1.165) is 0 Å². The van der Waals surface area contributed by atoms with Gasteiger partial charge in [-0.3, -0.25) is 9.59 Å². The molecular formula is C6H13N3O2. The Morgan fingerprint density at radius 3 is 2.36 bits per heavy atom. The van der Waals surface area contributed by atoms with E-state index in [9.17, 15) is 9.59 Å². The van der Waals surface area contributed by atoms with Crippen molar-refractivity contribution in [3.05, 3.63) is 0 Å². The third kappa shape index (κ3) is 5.35. The Labute approximate surface area is 65.5 Å². The summed E-state index contributed by atoms with van der Waals surface area (Å²) in [4.78, 5) is 22.6. The zero-order chi connectivity index (χ0) is 8.85. The van der Waals surface area contributed by atoms with Crippen molar-refractivity contribution in [1.82, 2.24) is 10.2 Å². The van der Waals surface area contributed by atoms with E-state index >= 15 is 0 Å². The summed E-state index contributed by atoms with van der Waals surface area (Å²) in [7, 11) is 3.74. The molecule has 0 heterocycles. The minimum atomic E-state index is -0.941. The Morgan fingerprint density at radius 1 is 1.45 bits per heavy atom. The molecule has 0 aliphatic heterocycles. The van der Waals surface area contributed by atoms with Gasteiger partial charge in [0.2, 0.25) is 0 Å². The monoisotopic (exact) mass is 159 g/mol. The fourth-order valence-corrected chi connectivity index (χ4v) is 0.480. The van der Waals surface area contributed by atoms with E-state index < -0.39 is 11.8 Å². The fraction of sp³-hybridized carbons (Fsp3) is 0.667. The summed E-state index contributed by atoms with van der Waals surface area (Å²) in [5.74, 6) is -1.67. The lowest BCUT2D eigenvalue weighted by atomic mass is 10.5. The minimum absolute atomic E-state index is 0.439. The molecule has 0 aromatic carbocycles. The SMILES string of the molecule is CN(C)CCNC(=O)C(N)=O. The van der Waals surface area contributed by atoms with Gasteiger partial charge in [-0.15, -0.1) is 0 Å². The normalized spacial score (nSPS) is 9.73. The van der Waals surface area contributed by atoms with Gasteiger partial charge in [0, 0.05) is 13.1 Å². The van der Waals surface area contributed by atoms with Crippen LogP contribution in [0.3, 0.4) is 0 Å². The molecular weight excluding hydrogens is 146 g/mol. The van der Waals surface area contributed by atoms with Crippen molar-refractivity contribution in [1.29, 1.82) is 0 Å². The van der Waals surface area contributed by atoms with Crippen molar-refractivity contribution >= 4 is 11.8 Å². The molecule has 0 rings (SSSR count). The number of likely N-dealkylation sites (N-methyl/N-ethyl adjacent to an activating group) is 1. The lowest BCUT2D eigenvalue weighted by molar-refractivity contribution is -0.137. The van der Waals surface area contributed by atoms with Gasteiger partial charge >= 0.3 is 11.8 Å². The predicted octanol–water partition coefficient (Wildman–Crippen LogP) is -1.85. The highest BCUT2D eigenvalue weighted by molar-refractivity contribution is 6.34. The van der Waals surface area contributed by atoms with Crippen LogP contribution in [0.15, 0.2) is 0 Å². The summed E-state index contributed by atoms with van der Waals surface area (Å²) in [6, 6.07) is 0. The lowest BCUT2D eigenvalue weighted by Crippen LogP contribution is -2.39. The Kier molecular flexibility index (Phi) is 4.21. The van der Waals surface area contributed by atoms with E-state index in [4.69, 9.17) is 0 Å². The zero-order valence-corrected chi connectivity index (χ0v) is 6.76. The van der Waals surface area contributed by atoms with Gasteiger partial charge in [0.15, 0.2) is 0 Å². The number of carbonyl (C=O) groups excluding carboxylic acids is 2. The number of hydrogen-bond donors (Lipinski definition) is 2. The van der Waals surface area contributed by atoms with Crippen LogP contribution in [0, 0.1) is 0 Å². The number of rotatable bonds is 3. The van der Waals surface area contributed by atoms with Gasteiger partial charge in [0.25, 0.3) is 0 Å². The van der Waals surface area contributed by atoms with Crippen LogP contribution in [-0.2, 0) is 9.59 Å². The van der Waals surface area contributed by atoms with Gasteiger partial charge in [0.1, 0.15) is 0 Å². The third-order valence-corrected chi connectivity index (χ3v) is 1.07. The highest BCUT2D eigenvalue weighted by atomic mass is 16.2. The number of nitrogens with zero attached hydrogens (tertiary/aromatic N) is 1. The predicted molar refractivity (Wildman–Crippen MR) is 40.8 cm³/mol. The van der Waals surface area contributed by atoms with Crippen LogP contribution in [0.4, 0.5) is 0 Å². The minimum Gasteiger partial charge on any atom is -0.361 e. The van der Waals surface area contributed by atoms with Crippen LogP contribution in [0.2, 0.25) is 0 Å². The Hall–Kier alpha value is -1.10. The molecule has 0 spiro atoms. The first-order valence-corrected chi connectivity index (χ1v) is 3.26. The van der Waals surface area contributed by atoms with Crippen molar-refractivity contribution in [2.24, 2.45) is 5.73 Å². The first-order chi connectivity index (χ1) is 5.04. The molecule has 0 unspecified atom stereocenters. The number of amides is 2. The number of primary amides is 1. The Bertz CT molecular complexity index is 156. The molecule has 64 valence electrons. The summed E-state index contributed by atoms with van der Waals surface area (Å²) in [6.45, 7) is 1.13. The fourth-order valence-electron chi connectivity index (χ4n) is 0.480. The average Bonchev–Trinajstić information content (AvgIpc) is 1.86. The maximum Gasteiger partial charge on any atom is 0.309 e. The second kappa shape index (κ2) is 4.68. The molecule has 5 heteroatoms. The van der Waals surface area contributed by atoms with Crippen molar-refractivity contribution in [3.63, 3.8) is 0 Å². The molecule has 11 heavy (non-hydrogen) atoms. The molecule has 0 bridgehead atoms. The number of nitrogens with one attached hydrogen (secondary N) is 1. The van der Waals surface area contributed by atoms with Gasteiger partial charge in [0.05, 0.1) is 0 Å². The van der Waals surface area contributed by atoms with Crippen LogP contribution in [0.1, 0.15) is 0 Å². The van der Waals surface area contributed by atoms with Crippen LogP contribution in [0.5, 0.6) is 0 Å². The number of hydrogen-bond acceptors (Lipinski definition) is 3. The van der Waals surface area contributed by atoms with E-state index in [1.54, 1.807) is 0 Å². The molecule has 0 aromatic rings. The van der Waals surface area contributed by atoms with Gasteiger partial charge in [-0.25, -0.2) is 0 Å². The second-order valence-corrected chi connectivity index (χ2v) is 2.42. The maximum atomic E-state index is 10.5. The molecule has 0 fully saturated rings. The first-order valence-electron chi connectivity index (χ1n) is 3.26. The van der Waals surface area contributed by atoms with Gasteiger partial charge in [-0.05, 0) is 14.1 Å². The van der Waals surface area contributed by atoms with Crippen molar-refractivity contribution in [2.75, 3.05) is 27.2 Å². The average molecular weight is 159 g/mol. The van der Waals surface area contributed by atoms with Gasteiger partial charge in [-0.2, -0.15) is 0 Å². The largest absolute Gasteiger partial charge is 0.361 e. The van der Waals surface area contributed by atoms with Crippen LogP contribution in [0.25, 0.3) is 0 Å². The summed E-state index contributed by atoms with van der Waals surface area (Å²) in [5.41, 5.74) is 4.69. The number of nitrogens with two attached hydrogens (primary N) is 1. The molecule has 2 amide bonds. The van der Waals surface area contributed by atoms with Crippen molar-refractivity contribution < 1.29 is 9.59 Å². The molecule has 0 atom stereocenters. The third-order valence-electron chi connectivity index (χ3n) is 1.07. The van der Waals surface area contributed by atoms with Crippen LogP contribution < -0.4 is 11.1 Å². The van der Waals surface area contributed by atoms with E-state index in [1.807, 2.05) is 19.0 Å².